The maximum Gasteiger partial charge on any atom is 0.345 e. The third-order valence-corrected chi connectivity index (χ3v) is 3.96. The summed E-state index contributed by atoms with van der Waals surface area (Å²) >= 11 is 0. The predicted molar refractivity (Wildman–Crippen MR) is 96.3 cm³/mol. The standard InChI is InChI=1S/C19H21N3O3/c1-22(2)10-9-13-11-20-15-5-4-6-16(18(13)15)25-19(23)14-7-8-17(24-3)21-12-14/h4-8,11-12,20H,9-10H2,1-3H3. The zero-order chi connectivity index (χ0) is 17.8. The van der Waals surface area contributed by atoms with Crippen LogP contribution in [0.1, 0.15) is 15.9 Å². The maximum absolute atomic E-state index is 12.4. The van der Waals surface area contributed by atoms with Crippen LogP contribution >= 0.6 is 0 Å². The number of carbonyl (C=O) groups is 1. The molecule has 3 aromatic rings. The number of fused-ring (bicyclic) bond motifs is 1. The number of hydrogen-bond donors (Lipinski definition) is 1. The molecule has 0 radical (unpaired) electrons. The number of methoxy groups -OCH3 is 1. The van der Waals surface area contributed by atoms with Gasteiger partial charge in [-0.05, 0) is 44.3 Å². The summed E-state index contributed by atoms with van der Waals surface area (Å²) < 4.78 is 10.6. The summed E-state index contributed by atoms with van der Waals surface area (Å²) in [5.41, 5.74) is 2.45. The Kier molecular flexibility index (Phi) is 5.00. The molecule has 6 nitrogen and oxygen atoms in total. The summed E-state index contributed by atoms with van der Waals surface area (Å²) in [6, 6.07) is 8.92. The molecule has 0 aliphatic heterocycles. The van der Waals surface area contributed by atoms with E-state index in [1.165, 1.54) is 13.3 Å². The van der Waals surface area contributed by atoms with Gasteiger partial charge in [0.05, 0.1) is 12.7 Å². The Bertz CT molecular complexity index is 869. The van der Waals surface area contributed by atoms with Gasteiger partial charge >= 0.3 is 5.97 Å². The van der Waals surface area contributed by atoms with E-state index >= 15 is 0 Å². The Labute approximate surface area is 146 Å². The molecule has 0 aliphatic carbocycles. The van der Waals surface area contributed by atoms with E-state index < -0.39 is 5.97 Å². The molecule has 0 atom stereocenters. The zero-order valence-corrected chi connectivity index (χ0v) is 14.6. The highest BCUT2D eigenvalue weighted by atomic mass is 16.5. The Morgan fingerprint density at radius 3 is 2.76 bits per heavy atom. The molecule has 130 valence electrons. The Morgan fingerprint density at radius 2 is 2.08 bits per heavy atom. The van der Waals surface area contributed by atoms with Crippen LogP contribution in [0, 0.1) is 0 Å². The van der Waals surface area contributed by atoms with Crippen LogP contribution in [0.15, 0.2) is 42.7 Å². The second-order valence-electron chi connectivity index (χ2n) is 6.02. The number of hydrogen-bond acceptors (Lipinski definition) is 5. The van der Waals surface area contributed by atoms with Crippen molar-refractivity contribution in [2.75, 3.05) is 27.7 Å². The SMILES string of the molecule is COc1ccc(C(=O)Oc2cccc3[nH]cc(CCN(C)C)c23)cn1. The van der Waals surface area contributed by atoms with Crippen molar-refractivity contribution in [2.45, 2.75) is 6.42 Å². The van der Waals surface area contributed by atoms with Crippen molar-refractivity contribution in [1.82, 2.24) is 14.9 Å². The van der Waals surface area contributed by atoms with Gasteiger partial charge in [0.2, 0.25) is 5.88 Å². The molecule has 0 bridgehead atoms. The van der Waals surface area contributed by atoms with Crippen molar-refractivity contribution < 1.29 is 14.3 Å². The van der Waals surface area contributed by atoms with E-state index in [2.05, 4.69) is 14.9 Å². The smallest absolute Gasteiger partial charge is 0.345 e. The average Bonchev–Trinajstić information content (AvgIpc) is 3.04. The van der Waals surface area contributed by atoms with Crippen LogP contribution in [-0.4, -0.2) is 48.6 Å². The van der Waals surface area contributed by atoms with Crippen LogP contribution in [-0.2, 0) is 6.42 Å². The van der Waals surface area contributed by atoms with E-state index in [0.717, 1.165) is 29.4 Å². The minimum absolute atomic E-state index is 0.378. The fraction of sp³-hybridized carbons (Fsp3) is 0.263. The molecule has 6 heteroatoms. The van der Waals surface area contributed by atoms with Crippen LogP contribution in [0.25, 0.3) is 10.9 Å². The first-order valence-electron chi connectivity index (χ1n) is 8.04. The highest BCUT2D eigenvalue weighted by Gasteiger charge is 2.15. The van der Waals surface area contributed by atoms with Gasteiger partial charge in [-0.1, -0.05) is 6.07 Å². The molecule has 0 unspecified atom stereocenters. The molecule has 0 amide bonds. The Hall–Kier alpha value is -2.86. The lowest BCUT2D eigenvalue weighted by Gasteiger charge is -2.10. The third-order valence-electron chi connectivity index (χ3n) is 3.96. The van der Waals surface area contributed by atoms with Crippen molar-refractivity contribution in [1.29, 1.82) is 0 Å². The highest BCUT2D eigenvalue weighted by Crippen LogP contribution is 2.30. The third kappa shape index (κ3) is 3.80. The number of rotatable bonds is 6. The Morgan fingerprint density at radius 1 is 1.24 bits per heavy atom. The maximum atomic E-state index is 12.4. The number of H-pyrrole nitrogens is 1. The van der Waals surface area contributed by atoms with Crippen molar-refractivity contribution in [3.8, 4) is 11.6 Å². The lowest BCUT2D eigenvalue weighted by atomic mass is 10.1. The second kappa shape index (κ2) is 7.36. The van der Waals surface area contributed by atoms with Crippen LogP contribution in [0.4, 0.5) is 0 Å². The van der Waals surface area contributed by atoms with E-state index in [1.54, 1.807) is 12.1 Å². The number of likely N-dealkylation sites (N-methyl/N-ethyl adjacent to an activating group) is 1. The van der Waals surface area contributed by atoms with E-state index in [0.29, 0.717) is 17.2 Å². The fourth-order valence-electron chi connectivity index (χ4n) is 2.63. The van der Waals surface area contributed by atoms with Crippen LogP contribution in [0.3, 0.4) is 0 Å². The molecule has 0 saturated carbocycles. The minimum atomic E-state index is -0.442. The number of nitrogens with one attached hydrogen (secondary N) is 1. The summed E-state index contributed by atoms with van der Waals surface area (Å²) in [6.07, 6.45) is 4.29. The number of pyridine rings is 1. The van der Waals surface area contributed by atoms with Gasteiger partial charge in [0.25, 0.3) is 0 Å². The first-order valence-corrected chi connectivity index (χ1v) is 8.04. The first kappa shape index (κ1) is 17.0. The van der Waals surface area contributed by atoms with Gasteiger partial charge in [-0.25, -0.2) is 9.78 Å². The van der Waals surface area contributed by atoms with E-state index in [-0.39, 0.29) is 0 Å². The first-order chi connectivity index (χ1) is 12.1. The van der Waals surface area contributed by atoms with E-state index in [1.807, 2.05) is 38.5 Å². The van der Waals surface area contributed by atoms with Gasteiger partial charge in [0, 0.05) is 35.9 Å². The van der Waals surface area contributed by atoms with Crippen LogP contribution in [0.5, 0.6) is 11.6 Å². The molecule has 0 fully saturated rings. The molecule has 0 saturated heterocycles. The molecule has 0 spiro atoms. The molecular weight excluding hydrogens is 318 g/mol. The molecule has 0 aliphatic rings. The van der Waals surface area contributed by atoms with Gasteiger partial charge in [0.1, 0.15) is 5.75 Å². The largest absolute Gasteiger partial charge is 0.481 e. The van der Waals surface area contributed by atoms with Crippen LogP contribution < -0.4 is 9.47 Å². The average molecular weight is 339 g/mol. The van der Waals surface area contributed by atoms with Crippen molar-refractivity contribution in [3.05, 3.63) is 53.9 Å². The lowest BCUT2D eigenvalue weighted by Crippen LogP contribution is -2.15. The van der Waals surface area contributed by atoms with Gasteiger partial charge in [-0.3, -0.25) is 0 Å². The quantitative estimate of drug-likeness (QED) is 0.552. The summed E-state index contributed by atoms with van der Waals surface area (Å²) in [7, 11) is 5.60. The summed E-state index contributed by atoms with van der Waals surface area (Å²) in [4.78, 5) is 21.8. The molecule has 1 aromatic carbocycles. The van der Waals surface area contributed by atoms with E-state index in [9.17, 15) is 4.79 Å². The van der Waals surface area contributed by atoms with Gasteiger partial charge in [-0.2, -0.15) is 0 Å². The number of aromatic nitrogens is 2. The number of aromatic amines is 1. The molecule has 25 heavy (non-hydrogen) atoms. The molecule has 2 heterocycles. The number of carbonyl (C=O) groups excluding carboxylic acids is 1. The van der Waals surface area contributed by atoms with Crippen LogP contribution in [0.2, 0.25) is 0 Å². The number of esters is 1. The van der Waals surface area contributed by atoms with Gasteiger partial charge in [-0.15, -0.1) is 0 Å². The highest BCUT2D eigenvalue weighted by molar-refractivity contribution is 5.95. The monoisotopic (exact) mass is 339 g/mol. The summed E-state index contributed by atoms with van der Waals surface area (Å²) in [6.45, 7) is 0.914. The zero-order valence-electron chi connectivity index (χ0n) is 14.6. The fourth-order valence-corrected chi connectivity index (χ4v) is 2.63. The summed E-state index contributed by atoms with van der Waals surface area (Å²) in [5.74, 6) is 0.561. The molecule has 1 N–H and O–H groups in total. The van der Waals surface area contributed by atoms with Crippen molar-refractivity contribution in [3.63, 3.8) is 0 Å². The lowest BCUT2D eigenvalue weighted by molar-refractivity contribution is 0.0736. The second-order valence-corrected chi connectivity index (χ2v) is 6.02. The summed E-state index contributed by atoms with van der Waals surface area (Å²) in [5, 5.41) is 0.944. The van der Waals surface area contributed by atoms with Crippen molar-refractivity contribution >= 4 is 16.9 Å². The number of benzene rings is 1. The molecule has 3 rings (SSSR count). The molecule has 2 aromatic heterocycles. The predicted octanol–water partition coefficient (Wildman–Crippen LogP) is 2.89. The van der Waals surface area contributed by atoms with Gasteiger partial charge < -0.3 is 19.4 Å². The normalized spacial score (nSPS) is 11.0. The van der Waals surface area contributed by atoms with E-state index in [4.69, 9.17) is 9.47 Å². The number of ether oxygens (including phenoxy) is 2. The topological polar surface area (TPSA) is 67.5 Å². The molecular formula is C19H21N3O3. The Balaban J connectivity index is 1.86. The number of nitrogens with zero attached hydrogens (tertiary/aromatic N) is 2. The minimum Gasteiger partial charge on any atom is -0.481 e. The van der Waals surface area contributed by atoms with Gasteiger partial charge in [0.15, 0.2) is 0 Å². The van der Waals surface area contributed by atoms with Crippen molar-refractivity contribution in [2.24, 2.45) is 0 Å².